The minimum atomic E-state index is 0.584. The van der Waals surface area contributed by atoms with E-state index in [0.717, 1.165) is 66.4 Å². The number of aromatic nitrogens is 3. The first kappa shape index (κ1) is 35.9. The second kappa shape index (κ2) is 14.4. The molecule has 0 atom stereocenters. The van der Waals surface area contributed by atoms with Crippen LogP contribution in [-0.4, -0.2) is 15.0 Å². The summed E-state index contributed by atoms with van der Waals surface area (Å²) in [5.74, 6) is 1.80. The number of hydrogen-bond donors (Lipinski definition) is 0. The number of rotatable bonds is 6. The van der Waals surface area contributed by atoms with Gasteiger partial charge in [0.25, 0.3) is 0 Å². The summed E-state index contributed by atoms with van der Waals surface area (Å²) in [5, 5.41) is 6.99. The quantitative estimate of drug-likeness (QED) is 0.167. The van der Waals surface area contributed by atoms with Crippen molar-refractivity contribution in [3.05, 3.63) is 200 Å². The van der Waals surface area contributed by atoms with Gasteiger partial charge in [0.1, 0.15) is 11.2 Å². The van der Waals surface area contributed by atoms with Crippen LogP contribution in [0.3, 0.4) is 0 Å². The molecule has 0 amide bonds. The Morgan fingerprint density at radius 2 is 0.825 bits per heavy atom. The lowest BCUT2D eigenvalue weighted by molar-refractivity contribution is 0.670. The molecule has 63 heavy (non-hydrogen) atoms. The first-order valence-electron chi connectivity index (χ1n) is 21.0. The standard InChI is InChI=1S/C57H33N3OS2/c1-3-15-34(16-4-1)36-19-11-20-37(31-36)56-58-55(35-17-5-2-6-18-35)59-57(60-56)43-25-12-26-46-51(43)45-33-38(39-23-13-29-49-52(39)41-21-7-9-27-47(41)62-49)32-44(54(45)61-46)40-24-14-30-50-53(40)42-22-8-10-28-48(42)63-50/h1-33H. The minimum absolute atomic E-state index is 0.584. The Morgan fingerprint density at radius 3 is 1.56 bits per heavy atom. The highest BCUT2D eigenvalue weighted by molar-refractivity contribution is 7.26. The lowest BCUT2D eigenvalue weighted by atomic mass is 9.91. The van der Waals surface area contributed by atoms with E-state index in [0.29, 0.717) is 17.5 Å². The molecule has 0 aliphatic heterocycles. The normalized spacial score (nSPS) is 11.8. The molecule has 0 saturated carbocycles. The summed E-state index contributed by atoms with van der Waals surface area (Å²) < 4.78 is 12.2. The maximum absolute atomic E-state index is 7.10. The van der Waals surface area contributed by atoms with Crippen LogP contribution in [0.5, 0.6) is 0 Å². The second-order valence-corrected chi connectivity index (χ2v) is 18.0. The number of hydrogen-bond acceptors (Lipinski definition) is 6. The maximum atomic E-state index is 7.10. The highest BCUT2D eigenvalue weighted by Crippen LogP contribution is 2.48. The predicted octanol–water partition coefficient (Wildman–Crippen LogP) is 16.5. The number of fused-ring (bicyclic) bond motifs is 9. The molecule has 13 aromatic rings. The zero-order valence-corrected chi connectivity index (χ0v) is 35.3. The molecule has 294 valence electrons. The van der Waals surface area contributed by atoms with Gasteiger partial charge in [-0.15, -0.1) is 22.7 Å². The van der Waals surface area contributed by atoms with Gasteiger partial charge in [0, 0.05) is 73.4 Å². The van der Waals surface area contributed by atoms with Gasteiger partial charge in [0.05, 0.1) is 0 Å². The van der Waals surface area contributed by atoms with E-state index in [9.17, 15) is 0 Å². The van der Waals surface area contributed by atoms with Gasteiger partial charge in [-0.05, 0) is 76.3 Å². The summed E-state index contributed by atoms with van der Waals surface area (Å²) in [7, 11) is 0. The van der Waals surface area contributed by atoms with Gasteiger partial charge in [-0.2, -0.15) is 0 Å². The van der Waals surface area contributed by atoms with Crippen LogP contribution >= 0.6 is 22.7 Å². The van der Waals surface area contributed by atoms with Crippen molar-refractivity contribution in [1.29, 1.82) is 0 Å². The third-order valence-electron chi connectivity index (χ3n) is 12.1. The molecule has 0 N–H and O–H groups in total. The Labute approximate surface area is 370 Å². The highest BCUT2D eigenvalue weighted by atomic mass is 32.1. The molecule has 0 aliphatic carbocycles. The monoisotopic (exact) mass is 839 g/mol. The third kappa shape index (κ3) is 5.91. The van der Waals surface area contributed by atoms with E-state index in [2.05, 4.69) is 170 Å². The lowest BCUT2D eigenvalue weighted by Gasteiger charge is -2.12. The molecule has 0 bridgehead atoms. The summed E-state index contributed by atoms with van der Waals surface area (Å²) >= 11 is 3.67. The Balaban J connectivity index is 1.11. The molecule has 6 heteroatoms. The van der Waals surface area contributed by atoms with Crippen LogP contribution in [0.4, 0.5) is 0 Å². The average Bonchev–Trinajstić information content (AvgIpc) is 4.06. The Bertz CT molecular complexity index is 3920. The molecule has 0 aliphatic rings. The van der Waals surface area contributed by atoms with Crippen molar-refractivity contribution in [3.8, 4) is 67.5 Å². The van der Waals surface area contributed by atoms with Crippen molar-refractivity contribution < 1.29 is 4.42 Å². The Kier molecular flexibility index (Phi) is 8.22. The van der Waals surface area contributed by atoms with Gasteiger partial charge >= 0.3 is 0 Å². The van der Waals surface area contributed by atoms with Gasteiger partial charge in [-0.3, -0.25) is 0 Å². The predicted molar refractivity (Wildman–Crippen MR) is 265 cm³/mol. The smallest absolute Gasteiger partial charge is 0.164 e. The number of benzene rings is 9. The number of nitrogens with zero attached hydrogens (tertiary/aromatic N) is 3. The molecule has 0 radical (unpaired) electrons. The molecular weight excluding hydrogens is 807 g/mol. The van der Waals surface area contributed by atoms with Crippen molar-refractivity contribution in [1.82, 2.24) is 15.0 Å². The first-order chi connectivity index (χ1) is 31.2. The van der Waals surface area contributed by atoms with Crippen LogP contribution in [0.25, 0.3) is 130 Å². The van der Waals surface area contributed by atoms with Crippen molar-refractivity contribution in [2.45, 2.75) is 0 Å². The largest absolute Gasteiger partial charge is 0.455 e. The molecule has 9 aromatic carbocycles. The number of thiophene rings is 2. The van der Waals surface area contributed by atoms with Gasteiger partial charge in [0.15, 0.2) is 17.5 Å². The average molecular weight is 840 g/mol. The van der Waals surface area contributed by atoms with E-state index >= 15 is 0 Å². The fourth-order valence-corrected chi connectivity index (χ4v) is 11.6. The van der Waals surface area contributed by atoms with Gasteiger partial charge in [-0.25, -0.2) is 15.0 Å². The van der Waals surface area contributed by atoms with E-state index < -0.39 is 0 Å². The van der Waals surface area contributed by atoms with E-state index in [1.165, 1.54) is 45.9 Å². The molecule has 0 spiro atoms. The lowest BCUT2D eigenvalue weighted by Crippen LogP contribution is -2.00. The van der Waals surface area contributed by atoms with Crippen molar-refractivity contribution in [3.63, 3.8) is 0 Å². The van der Waals surface area contributed by atoms with E-state index in [-0.39, 0.29) is 0 Å². The van der Waals surface area contributed by atoms with Crippen LogP contribution in [0.1, 0.15) is 0 Å². The summed E-state index contributed by atoms with van der Waals surface area (Å²) in [6, 6.07) is 70.8. The van der Waals surface area contributed by atoms with Gasteiger partial charge in [0.2, 0.25) is 0 Å². The first-order valence-corrected chi connectivity index (χ1v) is 22.6. The fourth-order valence-electron chi connectivity index (χ4n) is 9.29. The summed E-state index contributed by atoms with van der Waals surface area (Å²) in [4.78, 5) is 15.7. The molecule has 0 saturated heterocycles. The third-order valence-corrected chi connectivity index (χ3v) is 14.4. The van der Waals surface area contributed by atoms with Crippen LogP contribution in [0.15, 0.2) is 205 Å². The van der Waals surface area contributed by atoms with E-state index in [4.69, 9.17) is 19.4 Å². The molecular formula is C57H33N3OS2. The van der Waals surface area contributed by atoms with Crippen LogP contribution in [0.2, 0.25) is 0 Å². The van der Waals surface area contributed by atoms with E-state index in [1.54, 1.807) is 0 Å². The minimum Gasteiger partial charge on any atom is -0.455 e. The van der Waals surface area contributed by atoms with Crippen LogP contribution in [0, 0.1) is 0 Å². The summed E-state index contributed by atoms with van der Waals surface area (Å²) in [6.07, 6.45) is 0. The van der Waals surface area contributed by atoms with Crippen molar-refractivity contribution in [2.75, 3.05) is 0 Å². The SMILES string of the molecule is c1ccc(-c2cccc(-c3nc(-c4ccccc4)nc(-c4cccc5oc6c(-c7cccc8sc9ccccc9c78)cc(-c7cccc8sc9ccccc9c78)cc6c45)n3)c2)cc1. The number of furan rings is 1. The molecule has 13 rings (SSSR count). The van der Waals surface area contributed by atoms with Crippen molar-refractivity contribution in [2.24, 2.45) is 0 Å². The summed E-state index contributed by atoms with van der Waals surface area (Å²) in [5.41, 5.74) is 11.1. The molecule has 4 heterocycles. The maximum Gasteiger partial charge on any atom is 0.164 e. The Morgan fingerprint density at radius 1 is 0.302 bits per heavy atom. The highest BCUT2D eigenvalue weighted by Gasteiger charge is 2.23. The van der Waals surface area contributed by atoms with Gasteiger partial charge < -0.3 is 4.42 Å². The van der Waals surface area contributed by atoms with Crippen LogP contribution in [-0.2, 0) is 0 Å². The fraction of sp³-hybridized carbons (Fsp3) is 0. The van der Waals surface area contributed by atoms with E-state index in [1.807, 2.05) is 53.0 Å². The molecule has 4 nitrogen and oxygen atoms in total. The molecule has 0 fully saturated rings. The topological polar surface area (TPSA) is 51.8 Å². The zero-order valence-electron chi connectivity index (χ0n) is 33.6. The zero-order chi connectivity index (χ0) is 41.4. The Hall–Kier alpha value is -7.77. The van der Waals surface area contributed by atoms with Crippen molar-refractivity contribution >= 4 is 85.0 Å². The van der Waals surface area contributed by atoms with Crippen LogP contribution < -0.4 is 0 Å². The molecule has 0 unspecified atom stereocenters. The van der Waals surface area contributed by atoms with Gasteiger partial charge in [-0.1, -0.05) is 152 Å². The summed E-state index contributed by atoms with van der Waals surface area (Å²) in [6.45, 7) is 0. The second-order valence-electron chi connectivity index (χ2n) is 15.9. The molecule has 4 aromatic heterocycles.